The molecule has 0 spiro atoms. The SMILES string of the molecule is CNc1n[nH]c(=O)cc1C(=O)N(C)Cc1csc(NC(=O)NCc2cccc(F)c2)n1. The monoisotopic (exact) mass is 445 g/mol. The van der Waals surface area contributed by atoms with Crippen molar-refractivity contribution in [1.29, 1.82) is 0 Å². The molecule has 12 heteroatoms. The fourth-order valence-electron chi connectivity index (χ4n) is 2.68. The third-order valence-corrected chi connectivity index (χ3v) is 4.94. The van der Waals surface area contributed by atoms with Crippen LogP contribution in [0.15, 0.2) is 40.5 Å². The smallest absolute Gasteiger partial charge is 0.321 e. The number of carbonyl (C=O) groups excluding carboxylic acids is 2. The third-order valence-electron chi connectivity index (χ3n) is 4.14. The molecule has 0 bridgehead atoms. The fraction of sp³-hybridized carbons (Fsp3) is 0.211. The van der Waals surface area contributed by atoms with E-state index in [9.17, 15) is 18.8 Å². The van der Waals surface area contributed by atoms with E-state index >= 15 is 0 Å². The lowest BCUT2D eigenvalue weighted by Crippen LogP contribution is -2.29. The molecule has 0 saturated heterocycles. The van der Waals surface area contributed by atoms with Crippen LogP contribution in [-0.2, 0) is 13.1 Å². The number of nitrogens with one attached hydrogen (secondary N) is 4. The Bertz CT molecular complexity index is 1150. The fourth-order valence-corrected chi connectivity index (χ4v) is 3.38. The van der Waals surface area contributed by atoms with E-state index in [1.165, 1.54) is 34.4 Å². The Morgan fingerprint density at radius 1 is 1.29 bits per heavy atom. The Kier molecular flexibility index (Phi) is 6.92. The lowest BCUT2D eigenvalue weighted by molar-refractivity contribution is 0.0784. The van der Waals surface area contributed by atoms with Gasteiger partial charge < -0.3 is 15.5 Å². The predicted molar refractivity (Wildman–Crippen MR) is 115 cm³/mol. The number of hydrogen-bond acceptors (Lipinski definition) is 7. The van der Waals surface area contributed by atoms with Crippen LogP contribution in [0.3, 0.4) is 0 Å². The maximum Gasteiger partial charge on any atom is 0.321 e. The summed E-state index contributed by atoms with van der Waals surface area (Å²) in [7, 11) is 3.16. The normalized spacial score (nSPS) is 10.4. The second kappa shape index (κ2) is 9.80. The van der Waals surface area contributed by atoms with Gasteiger partial charge in [0.1, 0.15) is 5.82 Å². The molecule has 3 aromatic rings. The average Bonchev–Trinajstić information content (AvgIpc) is 3.18. The molecule has 0 atom stereocenters. The molecule has 0 aliphatic carbocycles. The van der Waals surface area contributed by atoms with Gasteiger partial charge in [-0.15, -0.1) is 11.3 Å². The number of thiazole rings is 1. The Labute approximate surface area is 180 Å². The van der Waals surface area contributed by atoms with Crippen LogP contribution in [0.1, 0.15) is 21.6 Å². The van der Waals surface area contributed by atoms with Gasteiger partial charge in [-0.2, -0.15) is 5.10 Å². The van der Waals surface area contributed by atoms with Crippen LogP contribution < -0.4 is 21.5 Å². The molecule has 1 aromatic carbocycles. The number of aromatic nitrogens is 3. The molecule has 0 saturated carbocycles. The Morgan fingerprint density at radius 2 is 2.10 bits per heavy atom. The molecule has 3 rings (SSSR count). The Morgan fingerprint density at radius 3 is 2.84 bits per heavy atom. The van der Waals surface area contributed by atoms with E-state index in [1.807, 2.05) is 0 Å². The number of anilines is 2. The predicted octanol–water partition coefficient (Wildman–Crippen LogP) is 2.00. The maximum atomic E-state index is 13.2. The first-order valence-electron chi connectivity index (χ1n) is 9.12. The summed E-state index contributed by atoms with van der Waals surface area (Å²) in [6, 6.07) is 6.62. The zero-order valence-electron chi connectivity index (χ0n) is 16.7. The molecule has 3 amide bonds. The topological polar surface area (TPSA) is 132 Å². The number of amides is 3. The maximum absolute atomic E-state index is 13.2. The van der Waals surface area contributed by atoms with Crippen LogP contribution in [0.2, 0.25) is 0 Å². The summed E-state index contributed by atoms with van der Waals surface area (Å²) >= 11 is 1.20. The number of benzene rings is 1. The summed E-state index contributed by atoms with van der Waals surface area (Å²) in [6.07, 6.45) is 0. The number of rotatable bonds is 7. The summed E-state index contributed by atoms with van der Waals surface area (Å²) in [4.78, 5) is 41.9. The van der Waals surface area contributed by atoms with Crippen molar-refractivity contribution in [1.82, 2.24) is 25.4 Å². The van der Waals surface area contributed by atoms with Crippen LogP contribution >= 0.6 is 11.3 Å². The van der Waals surface area contributed by atoms with Gasteiger partial charge in [0.15, 0.2) is 10.9 Å². The lowest BCUT2D eigenvalue weighted by atomic mass is 10.2. The largest absolute Gasteiger partial charge is 0.371 e. The first-order valence-corrected chi connectivity index (χ1v) is 10.0. The van der Waals surface area contributed by atoms with Crippen molar-refractivity contribution < 1.29 is 14.0 Å². The summed E-state index contributed by atoms with van der Waals surface area (Å²) in [5.74, 6) is -0.522. The third kappa shape index (κ3) is 5.85. The summed E-state index contributed by atoms with van der Waals surface area (Å²) in [6.45, 7) is 0.328. The van der Waals surface area contributed by atoms with Crippen molar-refractivity contribution in [3.05, 3.63) is 68.7 Å². The van der Waals surface area contributed by atoms with Gasteiger partial charge in [-0.1, -0.05) is 12.1 Å². The van der Waals surface area contributed by atoms with Gasteiger partial charge in [-0.25, -0.2) is 19.3 Å². The molecular formula is C19H20FN7O3S. The van der Waals surface area contributed by atoms with Crippen LogP contribution in [0.25, 0.3) is 0 Å². The van der Waals surface area contributed by atoms with Crippen LogP contribution in [0.5, 0.6) is 0 Å². The summed E-state index contributed by atoms with van der Waals surface area (Å²) in [5.41, 5.74) is 0.842. The number of urea groups is 1. The van der Waals surface area contributed by atoms with Gasteiger partial charge in [0.25, 0.3) is 11.5 Å². The zero-order valence-corrected chi connectivity index (χ0v) is 17.5. The van der Waals surface area contributed by atoms with E-state index in [4.69, 9.17) is 0 Å². The lowest BCUT2D eigenvalue weighted by Gasteiger charge is -2.17. The van der Waals surface area contributed by atoms with Crippen LogP contribution in [0.4, 0.5) is 20.1 Å². The molecule has 0 aliphatic heterocycles. The molecule has 31 heavy (non-hydrogen) atoms. The molecule has 10 nitrogen and oxygen atoms in total. The van der Waals surface area contributed by atoms with E-state index < -0.39 is 17.5 Å². The number of aromatic amines is 1. The highest BCUT2D eigenvalue weighted by Gasteiger charge is 2.19. The van der Waals surface area contributed by atoms with Crippen LogP contribution in [0, 0.1) is 5.82 Å². The number of H-pyrrole nitrogens is 1. The second-order valence-electron chi connectivity index (χ2n) is 6.49. The average molecular weight is 445 g/mol. The van der Waals surface area contributed by atoms with E-state index in [-0.39, 0.29) is 30.3 Å². The number of carbonyl (C=O) groups is 2. The minimum atomic E-state index is -0.486. The minimum Gasteiger partial charge on any atom is -0.371 e. The van der Waals surface area contributed by atoms with E-state index in [0.717, 1.165) is 0 Å². The molecule has 2 heterocycles. The number of halogens is 1. The Balaban J connectivity index is 1.56. The first kappa shape index (κ1) is 21.9. The molecule has 0 unspecified atom stereocenters. The molecule has 0 aliphatic rings. The van der Waals surface area contributed by atoms with Crippen LogP contribution in [-0.4, -0.2) is 46.1 Å². The number of hydrogen-bond donors (Lipinski definition) is 4. The van der Waals surface area contributed by atoms with Crippen molar-refractivity contribution in [3.63, 3.8) is 0 Å². The van der Waals surface area contributed by atoms with Gasteiger partial charge in [-0.05, 0) is 17.7 Å². The van der Waals surface area contributed by atoms with E-state index in [1.54, 1.807) is 31.6 Å². The van der Waals surface area contributed by atoms with Crippen molar-refractivity contribution in [2.24, 2.45) is 0 Å². The van der Waals surface area contributed by atoms with Crippen molar-refractivity contribution in [2.45, 2.75) is 13.1 Å². The molecular weight excluding hydrogens is 425 g/mol. The van der Waals surface area contributed by atoms with Crippen molar-refractivity contribution in [2.75, 3.05) is 24.7 Å². The van der Waals surface area contributed by atoms with Gasteiger partial charge in [0.05, 0.1) is 17.8 Å². The summed E-state index contributed by atoms with van der Waals surface area (Å²) < 4.78 is 13.2. The van der Waals surface area contributed by atoms with Gasteiger partial charge >= 0.3 is 6.03 Å². The molecule has 0 fully saturated rings. The second-order valence-corrected chi connectivity index (χ2v) is 7.35. The van der Waals surface area contributed by atoms with Gasteiger partial charge in [-0.3, -0.25) is 14.9 Å². The zero-order chi connectivity index (χ0) is 22.4. The molecule has 4 N–H and O–H groups in total. The first-order chi connectivity index (χ1) is 14.9. The highest BCUT2D eigenvalue weighted by molar-refractivity contribution is 7.13. The van der Waals surface area contributed by atoms with E-state index in [2.05, 4.69) is 31.1 Å². The highest BCUT2D eigenvalue weighted by atomic mass is 32.1. The molecule has 0 radical (unpaired) electrons. The van der Waals surface area contributed by atoms with Gasteiger partial charge in [0.2, 0.25) is 0 Å². The Hall–Kier alpha value is -3.80. The van der Waals surface area contributed by atoms with Crippen molar-refractivity contribution in [3.8, 4) is 0 Å². The quantitative estimate of drug-likeness (QED) is 0.440. The highest BCUT2D eigenvalue weighted by Crippen LogP contribution is 2.18. The standard InChI is InChI=1S/C19H20FN7O3S/c1-21-16-14(7-15(28)25-26-16)17(29)27(2)9-13-10-31-19(23-13)24-18(30)22-8-11-4-3-5-12(20)6-11/h3-7,10H,8-9H2,1-2H3,(H,21,26)(H,25,28)(H2,22,23,24,30). The molecule has 2 aromatic heterocycles. The van der Waals surface area contributed by atoms with E-state index in [0.29, 0.717) is 16.4 Å². The minimum absolute atomic E-state index is 0.138. The number of nitrogens with zero attached hydrogens (tertiary/aromatic N) is 3. The van der Waals surface area contributed by atoms with Crippen molar-refractivity contribution >= 4 is 34.2 Å². The molecule has 162 valence electrons. The van der Waals surface area contributed by atoms with Gasteiger partial charge in [0, 0.05) is 32.1 Å². The summed E-state index contributed by atoms with van der Waals surface area (Å²) in [5, 5.41) is 16.1.